The first-order valence-electron chi connectivity index (χ1n) is 15.5. The lowest BCUT2D eigenvalue weighted by Gasteiger charge is -2.20. The van der Waals surface area contributed by atoms with Gasteiger partial charge in [0.25, 0.3) is 0 Å². The van der Waals surface area contributed by atoms with Gasteiger partial charge in [0.05, 0.1) is 0 Å². The van der Waals surface area contributed by atoms with Gasteiger partial charge in [-0.25, -0.2) is 0 Å². The number of hydrogen-bond donors (Lipinski definition) is 0. The molecule has 1 nitrogen and oxygen atoms in total. The van der Waals surface area contributed by atoms with Crippen molar-refractivity contribution in [1.29, 1.82) is 0 Å². The van der Waals surface area contributed by atoms with E-state index >= 15 is 0 Å². The van der Waals surface area contributed by atoms with Crippen molar-refractivity contribution in [2.45, 2.75) is 0 Å². The quantitative estimate of drug-likeness (QED) is 0.152. The molecule has 1 heterocycles. The van der Waals surface area contributed by atoms with Crippen molar-refractivity contribution in [3.05, 3.63) is 158 Å². The summed E-state index contributed by atoms with van der Waals surface area (Å²) in [6.07, 6.45) is 0. The highest BCUT2D eigenvalue weighted by atomic mass is 16.3. The van der Waals surface area contributed by atoms with Crippen LogP contribution < -0.4 is 0 Å². The second kappa shape index (κ2) is 9.29. The van der Waals surface area contributed by atoms with Gasteiger partial charge >= 0.3 is 0 Å². The van der Waals surface area contributed by atoms with Gasteiger partial charge in [-0.15, -0.1) is 0 Å². The van der Waals surface area contributed by atoms with E-state index in [4.69, 9.17) is 4.42 Å². The first kappa shape index (κ1) is 24.5. The summed E-state index contributed by atoms with van der Waals surface area (Å²) in [5, 5.41) is 12.4. The average molecular weight is 571 g/mol. The minimum Gasteiger partial charge on any atom is -0.456 e. The van der Waals surface area contributed by atoms with Crippen molar-refractivity contribution in [2.24, 2.45) is 0 Å². The number of rotatable bonds is 3. The lowest BCUT2D eigenvalue weighted by atomic mass is 9.82. The Morgan fingerprint density at radius 3 is 1.56 bits per heavy atom. The fraction of sp³-hybridized carbons (Fsp3) is 0. The van der Waals surface area contributed by atoms with Crippen LogP contribution >= 0.6 is 0 Å². The molecule has 0 aliphatic heterocycles. The van der Waals surface area contributed by atoms with Gasteiger partial charge in [0.15, 0.2) is 0 Å². The maximum Gasteiger partial charge on any atom is 0.136 e. The van der Waals surface area contributed by atoms with E-state index in [9.17, 15) is 0 Å². The van der Waals surface area contributed by atoms with Crippen molar-refractivity contribution in [1.82, 2.24) is 0 Å². The Balaban J connectivity index is 1.33. The molecule has 0 bridgehead atoms. The standard InChI is InChI=1S/C44H26O/c1-2-14-29-27(11-1)12-9-21-30(29)31-15-3-4-16-32(31)42-33-17-5-7-19-35(33)43(36-20-8-6-18-34(36)42)37-25-26-40-44-38(37)24-23-28-13-10-22-39(45-40)41(28)44/h1-26H. The molecule has 0 saturated carbocycles. The summed E-state index contributed by atoms with van der Waals surface area (Å²) in [5.41, 5.74) is 9.40. The van der Waals surface area contributed by atoms with Gasteiger partial charge in [-0.1, -0.05) is 140 Å². The van der Waals surface area contributed by atoms with Gasteiger partial charge in [-0.3, -0.25) is 0 Å². The zero-order chi connectivity index (χ0) is 29.5. The number of benzene rings is 9. The monoisotopic (exact) mass is 570 g/mol. The molecule has 0 N–H and O–H groups in total. The smallest absolute Gasteiger partial charge is 0.136 e. The predicted molar refractivity (Wildman–Crippen MR) is 191 cm³/mol. The molecule has 0 aliphatic rings. The maximum atomic E-state index is 6.34. The van der Waals surface area contributed by atoms with Gasteiger partial charge in [0.1, 0.15) is 11.2 Å². The van der Waals surface area contributed by atoms with Gasteiger partial charge in [0, 0.05) is 10.8 Å². The van der Waals surface area contributed by atoms with Crippen LogP contribution in [0.25, 0.3) is 98.4 Å². The van der Waals surface area contributed by atoms with E-state index < -0.39 is 0 Å². The normalized spacial score (nSPS) is 12.0. The fourth-order valence-corrected chi connectivity index (χ4v) is 7.77. The van der Waals surface area contributed by atoms with Crippen LogP contribution in [-0.2, 0) is 0 Å². The summed E-state index contributed by atoms with van der Waals surface area (Å²) in [7, 11) is 0. The minimum atomic E-state index is 0.940. The van der Waals surface area contributed by atoms with Gasteiger partial charge in [-0.2, -0.15) is 0 Å². The van der Waals surface area contributed by atoms with Gasteiger partial charge < -0.3 is 4.42 Å². The molecule has 1 aromatic heterocycles. The summed E-state index contributed by atoms with van der Waals surface area (Å²) in [6, 6.07) is 57.4. The SMILES string of the molecule is c1ccc(-c2c3ccccc3c(-c3ccc4oc5cccc6ccc3c4c65)c3ccccc23)c(-c2cccc3ccccc23)c1. The summed E-state index contributed by atoms with van der Waals surface area (Å²) < 4.78 is 6.34. The first-order chi connectivity index (χ1) is 22.3. The maximum absolute atomic E-state index is 6.34. The van der Waals surface area contributed by atoms with Crippen LogP contribution in [0.2, 0.25) is 0 Å². The lowest BCUT2D eigenvalue weighted by molar-refractivity contribution is 0.669. The molecule has 9 aromatic carbocycles. The highest BCUT2D eigenvalue weighted by Gasteiger charge is 2.22. The van der Waals surface area contributed by atoms with Crippen LogP contribution in [0.5, 0.6) is 0 Å². The summed E-state index contributed by atoms with van der Waals surface area (Å²) >= 11 is 0. The summed E-state index contributed by atoms with van der Waals surface area (Å²) in [6.45, 7) is 0. The zero-order valence-corrected chi connectivity index (χ0v) is 24.4. The third-order valence-corrected chi connectivity index (χ3v) is 9.64. The largest absolute Gasteiger partial charge is 0.456 e. The van der Waals surface area contributed by atoms with Crippen molar-refractivity contribution in [2.75, 3.05) is 0 Å². The molecule has 1 heteroatoms. The van der Waals surface area contributed by atoms with Crippen LogP contribution in [-0.4, -0.2) is 0 Å². The Morgan fingerprint density at radius 2 is 0.800 bits per heavy atom. The summed E-state index contributed by atoms with van der Waals surface area (Å²) in [4.78, 5) is 0. The minimum absolute atomic E-state index is 0.940. The van der Waals surface area contributed by atoms with E-state index in [1.807, 2.05) is 0 Å². The van der Waals surface area contributed by atoms with Crippen LogP contribution in [0, 0.1) is 0 Å². The molecule has 208 valence electrons. The fourth-order valence-electron chi connectivity index (χ4n) is 7.77. The van der Waals surface area contributed by atoms with E-state index in [-0.39, 0.29) is 0 Å². The molecule has 0 unspecified atom stereocenters. The van der Waals surface area contributed by atoms with E-state index in [0.717, 1.165) is 11.2 Å². The van der Waals surface area contributed by atoms with E-state index in [1.165, 1.54) is 87.2 Å². The average Bonchev–Trinajstić information content (AvgIpc) is 3.49. The Labute approximate surface area is 259 Å². The van der Waals surface area contributed by atoms with Gasteiger partial charge in [0.2, 0.25) is 0 Å². The van der Waals surface area contributed by atoms with Crippen LogP contribution in [0.3, 0.4) is 0 Å². The number of fused-ring (bicyclic) bond motifs is 3. The molecule has 0 radical (unpaired) electrons. The summed E-state index contributed by atoms with van der Waals surface area (Å²) in [5.74, 6) is 0. The molecule has 45 heavy (non-hydrogen) atoms. The second-order valence-corrected chi connectivity index (χ2v) is 12.0. The lowest BCUT2D eigenvalue weighted by Crippen LogP contribution is -1.93. The highest BCUT2D eigenvalue weighted by molar-refractivity contribution is 6.29. The van der Waals surface area contributed by atoms with E-state index in [0.29, 0.717) is 0 Å². The molecular weight excluding hydrogens is 544 g/mol. The molecule has 10 rings (SSSR count). The topological polar surface area (TPSA) is 13.1 Å². The number of hydrogen-bond acceptors (Lipinski definition) is 1. The van der Waals surface area contributed by atoms with Crippen molar-refractivity contribution in [3.63, 3.8) is 0 Å². The number of furan rings is 1. The molecule has 0 saturated heterocycles. The molecule has 10 aromatic rings. The molecule has 0 aliphatic carbocycles. The Morgan fingerprint density at radius 1 is 0.267 bits per heavy atom. The van der Waals surface area contributed by atoms with Gasteiger partial charge in [-0.05, 0) is 94.7 Å². The third kappa shape index (κ3) is 3.44. The van der Waals surface area contributed by atoms with Crippen molar-refractivity contribution < 1.29 is 4.42 Å². The van der Waals surface area contributed by atoms with E-state index in [2.05, 4.69) is 158 Å². The second-order valence-electron chi connectivity index (χ2n) is 12.0. The Hall–Kier alpha value is -5.92. The third-order valence-electron chi connectivity index (χ3n) is 9.64. The predicted octanol–water partition coefficient (Wildman–Crippen LogP) is 12.6. The molecule has 0 amide bonds. The molecule has 0 fully saturated rings. The van der Waals surface area contributed by atoms with Crippen LogP contribution in [0.1, 0.15) is 0 Å². The van der Waals surface area contributed by atoms with E-state index in [1.54, 1.807) is 0 Å². The van der Waals surface area contributed by atoms with Crippen LogP contribution in [0.4, 0.5) is 0 Å². The molecular formula is C44H26O. The van der Waals surface area contributed by atoms with Crippen LogP contribution in [0.15, 0.2) is 162 Å². The Bertz CT molecular complexity index is 2700. The van der Waals surface area contributed by atoms with Crippen molar-refractivity contribution >= 4 is 65.0 Å². The zero-order valence-electron chi connectivity index (χ0n) is 24.4. The highest BCUT2D eigenvalue weighted by Crippen LogP contribution is 2.49. The molecule has 0 spiro atoms. The van der Waals surface area contributed by atoms with Crippen molar-refractivity contribution in [3.8, 4) is 33.4 Å². The first-order valence-corrected chi connectivity index (χ1v) is 15.5. The molecule has 0 atom stereocenters. The Kier molecular flexibility index (Phi) is 5.06.